The molecule has 1 fully saturated rings. The van der Waals surface area contributed by atoms with Crippen molar-refractivity contribution in [3.05, 3.63) is 59.7 Å². The van der Waals surface area contributed by atoms with Gasteiger partial charge in [-0.2, -0.15) is 17.6 Å². The quantitative estimate of drug-likeness (QED) is 0.593. The van der Waals surface area contributed by atoms with Gasteiger partial charge in [0.15, 0.2) is 0 Å². The number of carbonyl (C=O) groups is 1. The Morgan fingerprint density at radius 2 is 1.53 bits per heavy atom. The van der Waals surface area contributed by atoms with E-state index in [4.69, 9.17) is 0 Å². The first-order chi connectivity index (χ1) is 13.9. The molecule has 1 heterocycles. The van der Waals surface area contributed by atoms with E-state index in [0.29, 0.717) is 26.2 Å². The maximum Gasteiger partial charge on any atom is 0.387 e. The Bertz CT molecular complexity index is 819. The van der Waals surface area contributed by atoms with Crippen molar-refractivity contribution in [1.29, 1.82) is 0 Å². The molecule has 1 aliphatic heterocycles. The van der Waals surface area contributed by atoms with Crippen LogP contribution >= 0.6 is 12.4 Å². The van der Waals surface area contributed by atoms with Crippen LogP contribution in [0.5, 0.6) is 11.5 Å². The Kier molecular flexibility index (Phi) is 8.73. The molecule has 1 aliphatic rings. The van der Waals surface area contributed by atoms with Crippen LogP contribution in [0.2, 0.25) is 0 Å². The van der Waals surface area contributed by atoms with Gasteiger partial charge in [-0.3, -0.25) is 9.69 Å². The predicted octanol–water partition coefficient (Wildman–Crippen LogP) is 4.27. The highest BCUT2D eigenvalue weighted by molar-refractivity contribution is 5.97. The summed E-state index contributed by atoms with van der Waals surface area (Å²) in [7, 11) is 0. The maximum atomic E-state index is 12.8. The smallest absolute Gasteiger partial charge is 0.387 e. The average Bonchev–Trinajstić information content (AvgIpc) is 2.68. The fourth-order valence-corrected chi connectivity index (χ4v) is 3.17. The van der Waals surface area contributed by atoms with Crippen LogP contribution in [0.1, 0.15) is 15.9 Å². The van der Waals surface area contributed by atoms with Gasteiger partial charge < -0.3 is 14.4 Å². The Labute approximate surface area is 177 Å². The van der Waals surface area contributed by atoms with Crippen molar-refractivity contribution in [2.45, 2.75) is 19.8 Å². The van der Waals surface area contributed by atoms with E-state index in [0.717, 1.165) is 30.3 Å². The predicted molar refractivity (Wildman–Crippen MR) is 105 cm³/mol. The third-order valence-electron chi connectivity index (χ3n) is 4.53. The topological polar surface area (TPSA) is 42.0 Å². The first-order valence-corrected chi connectivity index (χ1v) is 9.01. The zero-order chi connectivity index (χ0) is 20.8. The molecule has 0 aliphatic carbocycles. The van der Waals surface area contributed by atoms with Gasteiger partial charge in [-0.05, 0) is 17.7 Å². The molecule has 0 spiro atoms. The van der Waals surface area contributed by atoms with Crippen molar-refractivity contribution in [2.24, 2.45) is 0 Å². The Morgan fingerprint density at radius 1 is 0.900 bits per heavy atom. The van der Waals surface area contributed by atoms with Crippen molar-refractivity contribution < 1.29 is 31.8 Å². The zero-order valence-electron chi connectivity index (χ0n) is 15.8. The number of hydrogen-bond acceptors (Lipinski definition) is 4. The van der Waals surface area contributed by atoms with E-state index in [1.807, 2.05) is 30.3 Å². The molecule has 0 bridgehead atoms. The molecule has 0 unspecified atom stereocenters. The highest BCUT2D eigenvalue weighted by Gasteiger charge is 2.26. The molecular weight excluding hydrogens is 428 g/mol. The molecule has 10 heteroatoms. The highest BCUT2D eigenvalue weighted by Crippen LogP contribution is 2.29. The van der Waals surface area contributed by atoms with E-state index in [1.165, 1.54) is 4.90 Å². The first-order valence-electron chi connectivity index (χ1n) is 9.01. The second kappa shape index (κ2) is 11.0. The van der Waals surface area contributed by atoms with E-state index in [2.05, 4.69) is 14.4 Å². The summed E-state index contributed by atoms with van der Waals surface area (Å²) < 4.78 is 58.7. The lowest BCUT2D eigenvalue weighted by molar-refractivity contribution is -0.0545. The molecule has 3 rings (SSSR count). The lowest BCUT2D eigenvalue weighted by Crippen LogP contribution is -2.48. The van der Waals surface area contributed by atoms with E-state index < -0.39 is 24.9 Å². The molecule has 0 radical (unpaired) electrons. The Morgan fingerprint density at radius 3 is 2.13 bits per heavy atom. The third-order valence-corrected chi connectivity index (χ3v) is 4.53. The number of piperazine rings is 1. The van der Waals surface area contributed by atoms with Crippen LogP contribution in [-0.2, 0) is 6.54 Å². The SMILES string of the molecule is Cl.O=C(c1ccc(OC(F)F)cc1OC(F)F)N1CCN(Cc2ccccc2)CC1. The summed E-state index contributed by atoms with van der Waals surface area (Å²) in [5.74, 6) is -1.35. The number of rotatable bonds is 7. The fraction of sp³-hybridized carbons (Fsp3) is 0.350. The van der Waals surface area contributed by atoms with Crippen LogP contribution < -0.4 is 9.47 Å². The molecule has 1 amide bonds. The van der Waals surface area contributed by atoms with Gasteiger partial charge in [0.05, 0.1) is 5.56 Å². The van der Waals surface area contributed by atoms with Crippen molar-refractivity contribution in [3.8, 4) is 11.5 Å². The molecule has 2 aromatic rings. The van der Waals surface area contributed by atoms with Crippen LogP contribution in [0.3, 0.4) is 0 Å². The minimum Gasteiger partial charge on any atom is -0.435 e. The molecule has 0 aromatic heterocycles. The van der Waals surface area contributed by atoms with E-state index in [1.54, 1.807) is 0 Å². The zero-order valence-corrected chi connectivity index (χ0v) is 16.7. The van der Waals surface area contributed by atoms with E-state index in [9.17, 15) is 22.4 Å². The second-order valence-corrected chi connectivity index (χ2v) is 6.47. The summed E-state index contributed by atoms with van der Waals surface area (Å²) in [5.41, 5.74) is 1.04. The first kappa shape index (κ1) is 23.8. The molecule has 0 atom stereocenters. The van der Waals surface area contributed by atoms with Gasteiger partial charge in [0.1, 0.15) is 11.5 Å². The highest BCUT2D eigenvalue weighted by atomic mass is 35.5. The number of amides is 1. The Hall–Kier alpha value is -2.52. The molecule has 0 saturated carbocycles. The fourth-order valence-electron chi connectivity index (χ4n) is 3.17. The number of halogens is 5. The van der Waals surface area contributed by atoms with Crippen LogP contribution in [0, 0.1) is 0 Å². The Balaban J connectivity index is 0.00000320. The molecule has 164 valence electrons. The molecule has 1 saturated heterocycles. The monoisotopic (exact) mass is 448 g/mol. The van der Waals surface area contributed by atoms with Gasteiger partial charge in [-0.15, -0.1) is 12.4 Å². The number of carbonyl (C=O) groups excluding carboxylic acids is 1. The van der Waals surface area contributed by atoms with E-state index >= 15 is 0 Å². The second-order valence-electron chi connectivity index (χ2n) is 6.47. The standard InChI is InChI=1S/C20H20F4N2O3.ClH/c21-19(22)28-15-6-7-16(17(12-15)29-20(23)24)18(27)26-10-8-25(9-11-26)13-14-4-2-1-3-5-14;/h1-7,12,19-20H,8-11,13H2;1H. The number of ether oxygens (including phenoxy) is 2. The van der Waals surface area contributed by atoms with E-state index in [-0.39, 0.29) is 23.7 Å². The third kappa shape index (κ3) is 6.50. The average molecular weight is 449 g/mol. The van der Waals surface area contributed by atoms with Gasteiger partial charge in [-0.1, -0.05) is 30.3 Å². The minimum atomic E-state index is -3.20. The molecular formula is C20H21ClF4N2O3. The normalized spacial score (nSPS) is 14.5. The van der Waals surface area contributed by atoms with Gasteiger partial charge >= 0.3 is 13.2 Å². The number of benzene rings is 2. The molecule has 2 aromatic carbocycles. The summed E-state index contributed by atoms with van der Waals surface area (Å²) in [6.45, 7) is -3.50. The van der Waals surface area contributed by atoms with Crippen molar-refractivity contribution >= 4 is 18.3 Å². The number of alkyl halides is 4. The summed E-state index contributed by atoms with van der Waals surface area (Å²) >= 11 is 0. The molecule has 0 N–H and O–H groups in total. The summed E-state index contributed by atoms with van der Waals surface area (Å²) in [6, 6.07) is 13.1. The van der Waals surface area contributed by atoms with Gasteiger partial charge in [0.25, 0.3) is 5.91 Å². The van der Waals surface area contributed by atoms with Crippen molar-refractivity contribution in [3.63, 3.8) is 0 Å². The molecule has 30 heavy (non-hydrogen) atoms. The van der Waals surface area contributed by atoms with Crippen molar-refractivity contribution in [2.75, 3.05) is 26.2 Å². The van der Waals surface area contributed by atoms with Crippen LogP contribution in [-0.4, -0.2) is 55.1 Å². The largest absolute Gasteiger partial charge is 0.435 e. The van der Waals surface area contributed by atoms with Crippen molar-refractivity contribution in [1.82, 2.24) is 9.80 Å². The lowest BCUT2D eigenvalue weighted by Gasteiger charge is -2.35. The van der Waals surface area contributed by atoms with Gasteiger partial charge in [0.2, 0.25) is 0 Å². The van der Waals surface area contributed by atoms with Crippen LogP contribution in [0.15, 0.2) is 48.5 Å². The number of nitrogens with zero attached hydrogens (tertiary/aromatic N) is 2. The maximum absolute atomic E-state index is 12.8. The van der Waals surface area contributed by atoms with Crippen LogP contribution in [0.4, 0.5) is 17.6 Å². The van der Waals surface area contributed by atoms with Gasteiger partial charge in [-0.25, -0.2) is 0 Å². The summed E-state index contributed by atoms with van der Waals surface area (Å²) in [6.07, 6.45) is 0. The number of hydrogen-bond donors (Lipinski definition) is 0. The minimum absolute atomic E-state index is 0. The lowest BCUT2D eigenvalue weighted by atomic mass is 10.1. The molecule has 5 nitrogen and oxygen atoms in total. The summed E-state index contributed by atoms with van der Waals surface area (Å²) in [5, 5.41) is 0. The summed E-state index contributed by atoms with van der Waals surface area (Å²) in [4.78, 5) is 16.5. The van der Waals surface area contributed by atoms with Crippen LogP contribution in [0.25, 0.3) is 0 Å². The van der Waals surface area contributed by atoms with Gasteiger partial charge in [0, 0.05) is 38.8 Å².